The summed E-state index contributed by atoms with van der Waals surface area (Å²) < 4.78 is 39.2. The van der Waals surface area contributed by atoms with Crippen LogP contribution in [0, 0.1) is 0 Å². The number of aliphatic carboxylic acids is 1. The molecule has 0 unspecified atom stereocenters. The lowest BCUT2D eigenvalue weighted by molar-refractivity contribution is -0.134. The Morgan fingerprint density at radius 1 is 1.18 bits per heavy atom. The number of para-hydroxylation sites is 1. The van der Waals surface area contributed by atoms with Crippen molar-refractivity contribution in [3.05, 3.63) is 71.3 Å². The van der Waals surface area contributed by atoms with E-state index in [9.17, 15) is 13.2 Å². The minimum atomic E-state index is -4.23. The molecule has 1 fully saturated rings. The van der Waals surface area contributed by atoms with Crippen LogP contribution in [0.4, 0.5) is 0 Å². The first-order chi connectivity index (χ1) is 19.0. The molecule has 1 amide bonds. The van der Waals surface area contributed by atoms with Gasteiger partial charge in [-0.05, 0) is 36.8 Å². The molecule has 3 aromatic rings. The Labute approximate surface area is 242 Å². The van der Waals surface area contributed by atoms with Gasteiger partial charge in [-0.3, -0.25) is 19.0 Å². The van der Waals surface area contributed by atoms with Crippen LogP contribution in [0.1, 0.15) is 32.3 Å². The van der Waals surface area contributed by atoms with Crippen molar-refractivity contribution in [1.82, 2.24) is 14.7 Å². The summed E-state index contributed by atoms with van der Waals surface area (Å²) in [5.74, 6) is -1.10. The average molecular weight is 604 g/mol. The average Bonchev–Trinajstić information content (AvgIpc) is 3.43. The first-order valence-electron chi connectivity index (χ1n) is 12.3. The summed E-state index contributed by atoms with van der Waals surface area (Å²) in [6, 6.07) is 17.3. The molecule has 1 aromatic heterocycles. The molecular weight excluding hydrogens is 575 g/mol. The highest BCUT2D eigenvalue weighted by Crippen LogP contribution is 2.35. The quantitative estimate of drug-likeness (QED) is 0.142. The number of rotatable bonds is 10. The topological polar surface area (TPSA) is 139 Å². The van der Waals surface area contributed by atoms with Crippen LogP contribution >= 0.6 is 24.0 Å². The third-order valence-corrected chi connectivity index (χ3v) is 7.45. The van der Waals surface area contributed by atoms with Crippen molar-refractivity contribution >= 4 is 56.4 Å². The molecule has 2 N–H and O–H groups in total. The Balaban J connectivity index is 0.00000103. The number of carboxylic acid groups (broad SMARTS) is 1. The van der Waals surface area contributed by atoms with Gasteiger partial charge in [-0.25, -0.2) is 4.68 Å². The molecule has 1 saturated heterocycles. The minimum Gasteiger partial charge on any atom is -0.494 e. The van der Waals surface area contributed by atoms with Crippen LogP contribution in [0.2, 0.25) is 0 Å². The second-order valence-corrected chi connectivity index (χ2v) is 11.8. The van der Waals surface area contributed by atoms with E-state index in [0.717, 1.165) is 48.5 Å². The minimum absolute atomic E-state index is 0.214. The summed E-state index contributed by atoms with van der Waals surface area (Å²) >= 11 is 6.37. The van der Waals surface area contributed by atoms with Crippen molar-refractivity contribution in [1.29, 1.82) is 0 Å². The number of hydrogen-bond acceptors (Lipinski definition) is 8. The fourth-order valence-electron chi connectivity index (χ4n) is 3.54. The van der Waals surface area contributed by atoms with E-state index in [-0.39, 0.29) is 10.9 Å². The summed E-state index contributed by atoms with van der Waals surface area (Å²) in [5.41, 5.74) is 3.03. The van der Waals surface area contributed by atoms with Crippen LogP contribution in [0.25, 0.3) is 23.0 Å². The summed E-state index contributed by atoms with van der Waals surface area (Å²) in [4.78, 5) is 23.5. The van der Waals surface area contributed by atoms with E-state index in [4.69, 9.17) is 36.5 Å². The molecule has 0 bridgehead atoms. The van der Waals surface area contributed by atoms with Crippen molar-refractivity contribution in [2.75, 3.05) is 18.9 Å². The number of hydrogen-bond donors (Lipinski definition) is 2. The van der Waals surface area contributed by atoms with Crippen LogP contribution in [0.5, 0.6) is 5.75 Å². The maximum absolute atomic E-state index is 13.0. The zero-order chi connectivity index (χ0) is 29.3. The molecule has 0 spiro atoms. The first-order valence-corrected chi connectivity index (χ1v) is 15.1. The molecule has 40 heavy (non-hydrogen) atoms. The van der Waals surface area contributed by atoms with E-state index in [1.54, 1.807) is 10.8 Å². The number of aromatic nitrogens is 2. The lowest BCUT2D eigenvalue weighted by Gasteiger charge is -2.12. The zero-order valence-corrected chi connectivity index (χ0v) is 24.3. The van der Waals surface area contributed by atoms with Crippen molar-refractivity contribution in [3.8, 4) is 22.7 Å². The summed E-state index contributed by atoms with van der Waals surface area (Å²) in [6.45, 7) is 3.60. The first kappa shape index (κ1) is 31.0. The maximum atomic E-state index is 13.0. The maximum Gasteiger partial charge on any atom is 0.300 e. The van der Waals surface area contributed by atoms with Crippen molar-refractivity contribution in [3.63, 3.8) is 0 Å². The predicted molar refractivity (Wildman–Crippen MR) is 159 cm³/mol. The Morgan fingerprint density at radius 2 is 1.88 bits per heavy atom. The SMILES string of the molecule is CC(=O)O.CCCCOc1cccc(-c2nn(-c3ccccc3)cc2/C=C2/SC(=S)N(CCS(=O)(=O)O)C2=O)c1. The Kier molecular flexibility index (Phi) is 11.0. The summed E-state index contributed by atoms with van der Waals surface area (Å²) in [7, 11) is -4.23. The molecule has 10 nitrogen and oxygen atoms in total. The van der Waals surface area contributed by atoms with Crippen molar-refractivity contribution in [2.24, 2.45) is 0 Å². The zero-order valence-electron chi connectivity index (χ0n) is 21.9. The number of thioether (sulfide) groups is 1. The number of ether oxygens (including phenoxy) is 1. The third-order valence-electron chi connectivity index (χ3n) is 5.37. The largest absolute Gasteiger partial charge is 0.494 e. The normalized spacial score (nSPS) is 14.3. The number of carboxylic acids is 1. The predicted octanol–water partition coefficient (Wildman–Crippen LogP) is 4.90. The van der Waals surface area contributed by atoms with Gasteiger partial charge in [0.25, 0.3) is 22.0 Å². The second kappa shape index (κ2) is 14.2. The highest BCUT2D eigenvalue weighted by Gasteiger charge is 2.33. The van der Waals surface area contributed by atoms with Gasteiger partial charge in [0.15, 0.2) is 0 Å². The fraction of sp³-hybridized carbons (Fsp3) is 0.259. The highest BCUT2D eigenvalue weighted by molar-refractivity contribution is 8.26. The molecule has 2 aromatic carbocycles. The van der Waals surface area contributed by atoms with Gasteiger partial charge in [0, 0.05) is 30.8 Å². The molecule has 0 saturated carbocycles. The van der Waals surface area contributed by atoms with Gasteiger partial charge in [0.2, 0.25) is 0 Å². The number of amides is 1. The van der Waals surface area contributed by atoms with E-state index in [1.807, 2.05) is 60.8 Å². The van der Waals surface area contributed by atoms with E-state index >= 15 is 0 Å². The molecule has 13 heteroatoms. The van der Waals surface area contributed by atoms with Crippen LogP contribution < -0.4 is 4.74 Å². The molecule has 1 aliphatic heterocycles. The summed E-state index contributed by atoms with van der Waals surface area (Å²) in [5, 5.41) is 12.2. The van der Waals surface area contributed by atoms with Gasteiger partial charge in [0.1, 0.15) is 15.8 Å². The number of benzene rings is 2. The Bertz CT molecular complexity index is 1500. The lowest BCUT2D eigenvalue weighted by atomic mass is 10.1. The number of thiocarbonyl (C=S) groups is 1. The van der Waals surface area contributed by atoms with Gasteiger partial charge in [-0.2, -0.15) is 13.5 Å². The van der Waals surface area contributed by atoms with E-state index in [2.05, 4.69) is 6.92 Å². The lowest BCUT2D eigenvalue weighted by Crippen LogP contribution is -2.32. The smallest absolute Gasteiger partial charge is 0.300 e. The van der Waals surface area contributed by atoms with Gasteiger partial charge < -0.3 is 9.84 Å². The molecule has 0 radical (unpaired) electrons. The Hall–Kier alpha value is -3.52. The molecule has 2 heterocycles. The van der Waals surface area contributed by atoms with Gasteiger partial charge in [-0.1, -0.05) is 67.7 Å². The standard InChI is InChI=1S/C25H25N3O5S3.C2H4O2/c1-2-3-13-33-21-11-7-8-18(15-21)23-19(17-28(26-23)20-9-5-4-6-10-20)16-22-24(29)27(25(34)35-22)12-14-36(30,31)32;1-2(3)4/h4-11,15-17H,2-3,12-14H2,1H3,(H,30,31,32);1H3,(H,3,4)/b22-16+;. The van der Waals surface area contributed by atoms with Crippen molar-refractivity contribution in [2.45, 2.75) is 26.7 Å². The van der Waals surface area contributed by atoms with Gasteiger partial charge >= 0.3 is 0 Å². The van der Waals surface area contributed by atoms with Gasteiger partial charge in [-0.15, -0.1) is 0 Å². The number of nitrogens with zero attached hydrogens (tertiary/aromatic N) is 3. The Morgan fingerprint density at radius 3 is 2.52 bits per heavy atom. The van der Waals surface area contributed by atoms with Crippen LogP contribution in [-0.4, -0.2) is 67.9 Å². The number of carbonyl (C=O) groups excluding carboxylic acids is 1. The van der Waals surface area contributed by atoms with E-state index < -0.39 is 27.7 Å². The number of carbonyl (C=O) groups is 2. The third kappa shape index (κ3) is 9.01. The molecule has 4 rings (SSSR count). The molecule has 212 valence electrons. The molecule has 1 aliphatic rings. The highest BCUT2D eigenvalue weighted by atomic mass is 32.2. The molecule has 0 aliphatic carbocycles. The van der Waals surface area contributed by atoms with Crippen molar-refractivity contribution < 1.29 is 32.4 Å². The fourth-order valence-corrected chi connectivity index (χ4v) is 5.25. The number of unbranched alkanes of at least 4 members (excludes halogenated alkanes) is 1. The van der Waals surface area contributed by atoms with E-state index in [1.165, 1.54) is 4.90 Å². The molecular formula is C27H29N3O7S3. The monoisotopic (exact) mass is 603 g/mol. The van der Waals surface area contributed by atoms with Crippen LogP contribution in [0.3, 0.4) is 0 Å². The van der Waals surface area contributed by atoms with E-state index in [0.29, 0.717) is 22.8 Å². The van der Waals surface area contributed by atoms with Gasteiger partial charge in [0.05, 0.1) is 23.0 Å². The molecule has 0 atom stereocenters. The van der Waals surface area contributed by atoms with Crippen LogP contribution in [0.15, 0.2) is 65.7 Å². The van der Waals surface area contributed by atoms with Crippen LogP contribution in [-0.2, 0) is 19.7 Å². The second-order valence-electron chi connectivity index (χ2n) is 8.58. The summed E-state index contributed by atoms with van der Waals surface area (Å²) in [6.07, 6.45) is 5.53.